The van der Waals surface area contributed by atoms with Crippen molar-refractivity contribution < 1.29 is 18.0 Å². The molecule has 10 heteroatoms. The van der Waals surface area contributed by atoms with Crippen molar-refractivity contribution in [2.45, 2.75) is 18.3 Å². The number of halogens is 3. The van der Waals surface area contributed by atoms with Gasteiger partial charge in [-0.25, -0.2) is 10.4 Å². The predicted octanol–water partition coefficient (Wildman–Crippen LogP) is 4.96. The van der Waals surface area contributed by atoms with Gasteiger partial charge in [-0.3, -0.25) is 14.2 Å². The lowest BCUT2D eigenvalue weighted by Gasteiger charge is -2.14. The molecule has 0 bridgehead atoms. The van der Waals surface area contributed by atoms with Gasteiger partial charge in [-0.15, -0.1) is 0 Å². The standard InChI is InChI=1S/C25H19F3N4O2S/c1-16-6-2-5-9-21(16)32-23(34)19-7-3-4-8-20(19)30-24(32)35-15-22(33)31-29-14-17-10-12-18(13-11-17)25(26,27)28/h2-14H,15H2,1H3,(H,31,33)/b29-14+. The quantitative estimate of drug-likeness (QED) is 0.177. The second-order valence-electron chi connectivity index (χ2n) is 7.54. The predicted molar refractivity (Wildman–Crippen MR) is 130 cm³/mol. The summed E-state index contributed by atoms with van der Waals surface area (Å²) in [6.45, 7) is 1.88. The van der Waals surface area contributed by atoms with Gasteiger partial charge in [0, 0.05) is 0 Å². The number of para-hydroxylation sites is 2. The van der Waals surface area contributed by atoms with Crippen LogP contribution in [0.5, 0.6) is 0 Å². The number of rotatable bonds is 6. The van der Waals surface area contributed by atoms with Gasteiger partial charge >= 0.3 is 6.18 Å². The first-order valence-electron chi connectivity index (χ1n) is 10.4. The Morgan fingerprint density at radius 3 is 2.46 bits per heavy atom. The number of amides is 1. The maximum atomic E-state index is 13.3. The third-order valence-corrected chi connectivity index (χ3v) is 6.01. The lowest BCUT2D eigenvalue weighted by Crippen LogP contribution is -2.24. The fraction of sp³-hybridized carbons (Fsp3) is 0.120. The SMILES string of the molecule is Cc1ccccc1-n1c(SCC(=O)N/N=C/c2ccc(C(F)(F)F)cc2)nc2ccccc2c1=O. The molecular weight excluding hydrogens is 477 g/mol. The molecule has 0 spiro atoms. The molecule has 0 fully saturated rings. The Labute approximate surface area is 202 Å². The maximum absolute atomic E-state index is 13.3. The third-order valence-electron chi connectivity index (χ3n) is 5.07. The summed E-state index contributed by atoms with van der Waals surface area (Å²) < 4.78 is 39.4. The van der Waals surface area contributed by atoms with Crippen LogP contribution in [0, 0.1) is 6.92 Å². The average molecular weight is 497 g/mol. The van der Waals surface area contributed by atoms with Gasteiger partial charge in [-0.1, -0.05) is 54.2 Å². The highest BCUT2D eigenvalue weighted by atomic mass is 32.2. The molecule has 3 aromatic carbocycles. The summed E-state index contributed by atoms with van der Waals surface area (Å²) in [6.07, 6.45) is -3.17. The average Bonchev–Trinajstić information content (AvgIpc) is 2.83. The number of carbonyl (C=O) groups is 1. The van der Waals surface area contributed by atoms with Crippen molar-refractivity contribution in [1.82, 2.24) is 15.0 Å². The highest BCUT2D eigenvalue weighted by Crippen LogP contribution is 2.29. The van der Waals surface area contributed by atoms with Crippen LogP contribution in [-0.4, -0.2) is 27.4 Å². The molecule has 35 heavy (non-hydrogen) atoms. The number of alkyl halides is 3. The van der Waals surface area contributed by atoms with E-state index in [0.717, 1.165) is 29.5 Å². The van der Waals surface area contributed by atoms with Crippen LogP contribution in [0.25, 0.3) is 16.6 Å². The molecule has 0 atom stereocenters. The first kappa shape index (κ1) is 24.2. The van der Waals surface area contributed by atoms with Crippen LogP contribution in [0.4, 0.5) is 13.2 Å². The van der Waals surface area contributed by atoms with Crippen molar-refractivity contribution in [2.24, 2.45) is 5.10 Å². The summed E-state index contributed by atoms with van der Waals surface area (Å²) in [7, 11) is 0. The zero-order valence-electron chi connectivity index (χ0n) is 18.4. The zero-order chi connectivity index (χ0) is 25.0. The summed E-state index contributed by atoms with van der Waals surface area (Å²) in [5.41, 5.74) is 3.79. The van der Waals surface area contributed by atoms with Gasteiger partial charge in [0.1, 0.15) is 0 Å². The summed E-state index contributed by atoms with van der Waals surface area (Å²) in [5, 5.41) is 4.62. The Kier molecular flexibility index (Phi) is 7.02. The number of nitrogens with zero attached hydrogens (tertiary/aromatic N) is 3. The highest BCUT2D eigenvalue weighted by molar-refractivity contribution is 7.99. The molecule has 0 saturated heterocycles. The van der Waals surface area contributed by atoms with Gasteiger partial charge in [-0.05, 0) is 48.4 Å². The van der Waals surface area contributed by atoms with Crippen molar-refractivity contribution in [3.05, 3.63) is 99.8 Å². The molecule has 0 aliphatic heterocycles. The number of benzene rings is 3. The van der Waals surface area contributed by atoms with Crippen LogP contribution in [0.1, 0.15) is 16.7 Å². The molecule has 0 saturated carbocycles. The molecule has 0 aliphatic rings. The van der Waals surface area contributed by atoms with Crippen LogP contribution in [-0.2, 0) is 11.0 Å². The molecule has 0 radical (unpaired) electrons. The van der Waals surface area contributed by atoms with Gasteiger partial charge in [-0.2, -0.15) is 18.3 Å². The number of fused-ring (bicyclic) bond motifs is 1. The van der Waals surface area contributed by atoms with Crippen LogP contribution in [0.15, 0.2) is 87.8 Å². The van der Waals surface area contributed by atoms with E-state index in [1.54, 1.807) is 24.3 Å². The minimum Gasteiger partial charge on any atom is -0.272 e. The van der Waals surface area contributed by atoms with Crippen molar-refractivity contribution in [1.29, 1.82) is 0 Å². The number of hydrazone groups is 1. The van der Waals surface area contributed by atoms with Crippen molar-refractivity contribution in [3.63, 3.8) is 0 Å². The van der Waals surface area contributed by atoms with Gasteiger partial charge in [0.2, 0.25) is 0 Å². The highest BCUT2D eigenvalue weighted by Gasteiger charge is 2.29. The monoisotopic (exact) mass is 496 g/mol. The van der Waals surface area contributed by atoms with Crippen LogP contribution in [0.2, 0.25) is 0 Å². The van der Waals surface area contributed by atoms with Crippen molar-refractivity contribution in [3.8, 4) is 5.69 Å². The molecule has 4 aromatic rings. The summed E-state index contributed by atoms with van der Waals surface area (Å²) in [4.78, 5) is 30.2. The van der Waals surface area contributed by atoms with Gasteiger partial charge in [0.25, 0.3) is 11.5 Å². The van der Waals surface area contributed by atoms with E-state index in [1.807, 2.05) is 31.2 Å². The number of aromatic nitrogens is 2. The normalized spacial score (nSPS) is 11.8. The zero-order valence-corrected chi connectivity index (χ0v) is 19.2. The number of aryl methyl sites for hydroxylation is 1. The Hall–Kier alpha value is -3.92. The van der Waals surface area contributed by atoms with E-state index in [-0.39, 0.29) is 11.3 Å². The van der Waals surface area contributed by atoms with E-state index < -0.39 is 17.6 Å². The number of nitrogens with one attached hydrogen (secondary N) is 1. The molecule has 178 valence electrons. The van der Waals surface area contributed by atoms with E-state index in [9.17, 15) is 22.8 Å². The summed E-state index contributed by atoms with van der Waals surface area (Å²) >= 11 is 1.08. The van der Waals surface area contributed by atoms with E-state index >= 15 is 0 Å². The van der Waals surface area contributed by atoms with Crippen molar-refractivity contribution >= 4 is 34.8 Å². The molecule has 6 nitrogen and oxygen atoms in total. The van der Waals surface area contributed by atoms with Crippen LogP contribution in [0.3, 0.4) is 0 Å². The summed E-state index contributed by atoms with van der Waals surface area (Å²) in [6, 6.07) is 18.8. The van der Waals surface area contributed by atoms with E-state index in [2.05, 4.69) is 15.5 Å². The lowest BCUT2D eigenvalue weighted by molar-refractivity contribution is -0.137. The van der Waals surface area contributed by atoms with Crippen LogP contribution < -0.4 is 11.0 Å². The molecule has 1 aromatic heterocycles. The third kappa shape index (κ3) is 5.60. The largest absolute Gasteiger partial charge is 0.416 e. The van der Waals surface area contributed by atoms with Crippen molar-refractivity contribution in [2.75, 3.05) is 5.75 Å². The number of hydrogen-bond donors (Lipinski definition) is 1. The molecule has 0 aliphatic carbocycles. The van der Waals surface area contributed by atoms with Gasteiger partial charge in [0.05, 0.1) is 34.1 Å². The second kappa shape index (κ2) is 10.1. The van der Waals surface area contributed by atoms with E-state index in [4.69, 9.17) is 0 Å². The minimum absolute atomic E-state index is 0.0823. The minimum atomic E-state index is -4.42. The molecule has 4 rings (SSSR count). The summed E-state index contributed by atoms with van der Waals surface area (Å²) in [5.74, 6) is -0.544. The smallest absolute Gasteiger partial charge is 0.272 e. The molecule has 1 amide bonds. The van der Waals surface area contributed by atoms with Gasteiger partial charge < -0.3 is 0 Å². The molecular formula is C25H19F3N4O2S. The lowest BCUT2D eigenvalue weighted by atomic mass is 10.1. The molecule has 0 unspecified atom stereocenters. The number of thioether (sulfide) groups is 1. The van der Waals surface area contributed by atoms with E-state index in [0.29, 0.717) is 27.3 Å². The second-order valence-corrected chi connectivity index (χ2v) is 8.48. The fourth-order valence-corrected chi connectivity index (χ4v) is 4.13. The topological polar surface area (TPSA) is 76.3 Å². The Morgan fingerprint density at radius 1 is 1.06 bits per heavy atom. The van der Waals surface area contributed by atoms with Crippen LogP contribution >= 0.6 is 11.8 Å². The molecule has 1 heterocycles. The maximum Gasteiger partial charge on any atom is 0.416 e. The fourth-order valence-electron chi connectivity index (χ4n) is 3.34. The van der Waals surface area contributed by atoms with Gasteiger partial charge in [0.15, 0.2) is 5.16 Å². The Morgan fingerprint density at radius 2 is 1.74 bits per heavy atom. The Balaban J connectivity index is 1.51. The molecule has 1 N–H and O–H groups in total. The first-order chi connectivity index (χ1) is 16.7. The number of hydrogen-bond acceptors (Lipinski definition) is 5. The van der Waals surface area contributed by atoms with E-state index in [1.165, 1.54) is 22.9 Å². The number of carbonyl (C=O) groups excluding carboxylic acids is 1. The Bertz CT molecular complexity index is 1460. The first-order valence-corrected chi connectivity index (χ1v) is 11.4.